The molecule has 2 aromatic carbocycles. The second-order valence-corrected chi connectivity index (χ2v) is 13.7. The standard InChI is InChI=1S/C42H57N5O7.CH4/c48-29-35(50)42(54)41(53)34(49)28-43-25-15-6-4-2-1-3-5-10-24-37(51)46-32-21-12-11-20-31(32)39(47-36-23-14-17-27-45-36)38(33-22-13-16-26-44-33)40(52)30-18-8-7-9-19-30;/h7-9,11-14,16-23,26-27,34-35,38-43,48-50,52-54H,1-6,10,15,24-25,28-29H2,(H,45,47)(H,46,51);1H4/t34-,35+,38-,39+,40+,41+,42+;/m0./s1. The molecule has 0 fully saturated rings. The van der Waals surface area contributed by atoms with E-state index in [2.05, 4.69) is 25.9 Å². The van der Waals surface area contributed by atoms with Crippen LogP contribution in [0.4, 0.5) is 11.5 Å². The zero-order chi connectivity index (χ0) is 38.5. The van der Waals surface area contributed by atoms with Gasteiger partial charge in [-0.1, -0.05) is 107 Å². The van der Waals surface area contributed by atoms with Crippen molar-refractivity contribution in [1.82, 2.24) is 15.3 Å². The first kappa shape index (κ1) is 45.1. The van der Waals surface area contributed by atoms with E-state index in [1.165, 1.54) is 0 Å². The molecular formula is C43H61N5O7. The number of pyridine rings is 2. The Morgan fingerprint density at radius 2 is 1.25 bits per heavy atom. The number of amides is 1. The van der Waals surface area contributed by atoms with Crippen LogP contribution in [0.5, 0.6) is 0 Å². The lowest BCUT2D eigenvalue weighted by molar-refractivity contribution is -0.116. The number of nitrogens with one attached hydrogen (secondary N) is 3. The molecule has 4 rings (SSSR count). The summed E-state index contributed by atoms with van der Waals surface area (Å²) in [5, 5.41) is 69.5. The number of aromatic nitrogens is 2. The average molecular weight is 760 g/mol. The molecule has 0 unspecified atom stereocenters. The molecule has 0 bridgehead atoms. The van der Waals surface area contributed by atoms with Crippen LogP contribution in [0.15, 0.2) is 103 Å². The fourth-order valence-electron chi connectivity index (χ4n) is 6.54. The predicted octanol–water partition coefficient (Wildman–Crippen LogP) is 5.26. The van der Waals surface area contributed by atoms with E-state index in [1.54, 1.807) is 12.4 Å². The summed E-state index contributed by atoms with van der Waals surface area (Å²) >= 11 is 0. The van der Waals surface area contributed by atoms with Crippen molar-refractivity contribution in [2.24, 2.45) is 0 Å². The molecule has 2 aromatic heterocycles. The van der Waals surface area contributed by atoms with Gasteiger partial charge in [0, 0.05) is 36.7 Å². The molecular weight excluding hydrogens is 699 g/mol. The number of aliphatic hydroxyl groups excluding tert-OH is 6. The number of rotatable bonds is 25. The Morgan fingerprint density at radius 3 is 1.91 bits per heavy atom. The summed E-state index contributed by atoms with van der Waals surface area (Å²) in [5.41, 5.74) is 2.92. The fraction of sp³-hybridized carbons (Fsp3) is 0.465. The topological polar surface area (TPSA) is 200 Å². The number of hydrogen-bond acceptors (Lipinski definition) is 11. The Hall–Kier alpha value is -4.27. The summed E-state index contributed by atoms with van der Waals surface area (Å²) in [6, 6.07) is 28.0. The lowest BCUT2D eigenvalue weighted by Crippen LogP contribution is -2.49. The van der Waals surface area contributed by atoms with Crippen LogP contribution in [0.1, 0.15) is 100 Å². The first-order chi connectivity index (χ1) is 26.3. The Balaban J connectivity index is 0.00000812. The smallest absolute Gasteiger partial charge is 0.224 e. The van der Waals surface area contributed by atoms with Crippen molar-refractivity contribution in [3.8, 4) is 0 Å². The molecule has 0 aliphatic heterocycles. The number of unbranched alkanes of at least 4 members (excludes halogenated alkanes) is 7. The van der Waals surface area contributed by atoms with Crippen LogP contribution in [-0.2, 0) is 4.79 Å². The quantitative estimate of drug-likeness (QED) is 0.0400. The zero-order valence-corrected chi connectivity index (χ0v) is 30.8. The third-order valence-corrected chi connectivity index (χ3v) is 9.59. The second kappa shape index (κ2) is 25.0. The highest BCUT2D eigenvalue weighted by atomic mass is 16.4. The highest BCUT2D eigenvalue weighted by Gasteiger charge is 2.35. The lowest BCUT2D eigenvalue weighted by atomic mass is 9.82. The maximum Gasteiger partial charge on any atom is 0.224 e. The average Bonchev–Trinajstić information content (AvgIpc) is 3.21. The van der Waals surface area contributed by atoms with Gasteiger partial charge in [0.2, 0.25) is 5.91 Å². The SMILES string of the molecule is C.O=C(CCCCCCCCCCNC[C@H](O)[C@@H](O)[C@H](O)[C@H](O)CO)Nc1ccccc1[C@@H](Nc1ccccn1)[C@H](c1ccccn1)[C@H](O)c1ccccc1. The molecule has 0 radical (unpaired) electrons. The van der Waals surface area contributed by atoms with E-state index >= 15 is 0 Å². The summed E-state index contributed by atoms with van der Waals surface area (Å²) < 4.78 is 0. The number of aliphatic hydroxyl groups is 6. The normalized spacial score (nSPS) is 15.1. The van der Waals surface area contributed by atoms with Crippen LogP contribution >= 0.6 is 0 Å². The van der Waals surface area contributed by atoms with Gasteiger partial charge in [-0.2, -0.15) is 0 Å². The van der Waals surface area contributed by atoms with Crippen molar-refractivity contribution in [3.63, 3.8) is 0 Å². The molecule has 12 heteroatoms. The molecule has 0 spiro atoms. The molecule has 4 aromatic rings. The second-order valence-electron chi connectivity index (χ2n) is 13.7. The van der Waals surface area contributed by atoms with Crippen LogP contribution in [0, 0.1) is 0 Å². The molecule has 0 saturated carbocycles. The van der Waals surface area contributed by atoms with Gasteiger partial charge in [0.25, 0.3) is 0 Å². The highest BCUT2D eigenvalue weighted by molar-refractivity contribution is 5.91. The maximum absolute atomic E-state index is 13.3. The molecule has 12 nitrogen and oxygen atoms in total. The Bertz CT molecular complexity index is 1610. The number of benzene rings is 2. The van der Waals surface area contributed by atoms with Gasteiger partial charge < -0.3 is 46.6 Å². The van der Waals surface area contributed by atoms with Crippen molar-refractivity contribution in [2.75, 3.05) is 30.3 Å². The molecule has 1 amide bonds. The van der Waals surface area contributed by atoms with Crippen LogP contribution in [0.2, 0.25) is 0 Å². The summed E-state index contributed by atoms with van der Waals surface area (Å²) in [6.45, 7) is 0.0204. The fourth-order valence-corrected chi connectivity index (χ4v) is 6.54. The van der Waals surface area contributed by atoms with Crippen molar-refractivity contribution >= 4 is 17.4 Å². The van der Waals surface area contributed by atoms with Crippen molar-refractivity contribution < 1.29 is 35.4 Å². The summed E-state index contributed by atoms with van der Waals surface area (Å²) in [6.07, 6.45) is 4.87. The third kappa shape index (κ3) is 14.7. The van der Waals surface area contributed by atoms with Gasteiger partial charge >= 0.3 is 0 Å². The summed E-state index contributed by atoms with van der Waals surface area (Å²) in [7, 11) is 0. The van der Waals surface area contributed by atoms with Gasteiger partial charge in [-0.15, -0.1) is 0 Å². The zero-order valence-electron chi connectivity index (χ0n) is 30.8. The Morgan fingerprint density at radius 1 is 0.655 bits per heavy atom. The van der Waals surface area contributed by atoms with E-state index in [0.29, 0.717) is 30.2 Å². The van der Waals surface area contributed by atoms with Gasteiger partial charge in [0.1, 0.15) is 24.1 Å². The first-order valence-electron chi connectivity index (χ1n) is 19.0. The van der Waals surface area contributed by atoms with Gasteiger partial charge in [-0.3, -0.25) is 9.78 Å². The van der Waals surface area contributed by atoms with Gasteiger partial charge in [0.05, 0.1) is 30.8 Å². The maximum atomic E-state index is 13.3. The number of nitrogens with zero attached hydrogens (tertiary/aromatic N) is 2. The minimum absolute atomic E-state index is 0. The van der Waals surface area contributed by atoms with Crippen molar-refractivity contribution in [1.29, 1.82) is 0 Å². The molecule has 2 heterocycles. The van der Waals surface area contributed by atoms with E-state index in [-0.39, 0.29) is 19.9 Å². The largest absolute Gasteiger partial charge is 0.394 e. The van der Waals surface area contributed by atoms with Crippen molar-refractivity contribution in [2.45, 2.75) is 108 Å². The van der Waals surface area contributed by atoms with E-state index in [9.17, 15) is 30.3 Å². The van der Waals surface area contributed by atoms with Crippen LogP contribution in [-0.4, -0.2) is 90.6 Å². The first-order valence-corrected chi connectivity index (χ1v) is 19.0. The monoisotopic (exact) mass is 759 g/mol. The van der Waals surface area contributed by atoms with Gasteiger partial charge in [-0.05, 0) is 60.8 Å². The molecule has 300 valence electrons. The van der Waals surface area contributed by atoms with Gasteiger partial charge in [0.15, 0.2) is 0 Å². The van der Waals surface area contributed by atoms with Crippen LogP contribution in [0.25, 0.3) is 0 Å². The molecule has 0 aliphatic carbocycles. The lowest BCUT2D eigenvalue weighted by Gasteiger charge is -2.33. The number of hydrogen-bond donors (Lipinski definition) is 9. The third-order valence-electron chi connectivity index (χ3n) is 9.59. The molecule has 0 saturated heterocycles. The number of anilines is 2. The number of carbonyl (C=O) groups is 1. The van der Waals surface area contributed by atoms with Crippen LogP contribution < -0.4 is 16.0 Å². The van der Waals surface area contributed by atoms with Crippen molar-refractivity contribution in [3.05, 3.63) is 120 Å². The minimum atomic E-state index is -1.62. The molecule has 0 aliphatic rings. The summed E-state index contributed by atoms with van der Waals surface area (Å²) in [5.74, 6) is 0.0267. The summed E-state index contributed by atoms with van der Waals surface area (Å²) in [4.78, 5) is 22.5. The minimum Gasteiger partial charge on any atom is -0.394 e. The molecule has 9 N–H and O–H groups in total. The van der Waals surface area contributed by atoms with Crippen LogP contribution in [0.3, 0.4) is 0 Å². The number of para-hydroxylation sites is 1. The predicted molar refractivity (Wildman–Crippen MR) is 216 cm³/mol. The van der Waals surface area contributed by atoms with Gasteiger partial charge in [-0.25, -0.2) is 4.98 Å². The Labute approximate surface area is 325 Å². The van der Waals surface area contributed by atoms with E-state index < -0.39 is 49.1 Å². The Kier molecular flexibility index (Phi) is 20.5. The molecule has 55 heavy (non-hydrogen) atoms. The number of carbonyl (C=O) groups excluding carboxylic acids is 1. The highest BCUT2D eigenvalue weighted by Crippen LogP contribution is 2.43. The molecule has 7 atom stereocenters. The van der Waals surface area contributed by atoms with E-state index in [1.807, 2.05) is 91.0 Å². The van der Waals surface area contributed by atoms with E-state index in [0.717, 1.165) is 62.5 Å². The van der Waals surface area contributed by atoms with E-state index in [4.69, 9.17) is 5.11 Å².